The number of carbonyl (C=O) groups is 2. The van der Waals surface area contributed by atoms with Crippen LogP contribution in [0.3, 0.4) is 0 Å². The SMILES string of the molecule is Cc1ccc(NC(=O)COC(=O)c2cc3c(s2)CCCCC3)cc1S(=O)(=O)N1CCCCC1. The fourth-order valence-electron chi connectivity index (χ4n) is 4.37. The first kappa shape index (κ1) is 23.9. The lowest BCUT2D eigenvalue weighted by atomic mass is 10.1. The highest BCUT2D eigenvalue weighted by Gasteiger charge is 2.27. The number of aryl methyl sites for hydroxylation is 3. The average molecular weight is 491 g/mol. The van der Waals surface area contributed by atoms with Crippen LogP contribution in [0.25, 0.3) is 0 Å². The number of thiophene rings is 1. The van der Waals surface area contributed by atoms with Crippen molar-refractivity contribution in [2.24, 2.45) is 0 Å². The quantitative estimate of drug-likeness (QED) is 0.482. The lowest BCUT2D eigenvalue weighted by molar-refractivity contribution is -0.119. The van der Waals surface area contributed by atoms with Crippen LogP contribution in [0.4, 0.5) is 5.69 Å². The molecule has 0 radical (unpaired) electrons. The number of amides is 1. The second-order valence-electron chi connectivity index (χ2n) is 8.69. The number of benzene rings is 1. The van der Waals surface area contributed by atoms with Crippen LogP contribution >= 0.6 is 11.3 Å². The Morgan fingerprint density at radius 3 is 2.55 bits per heavy atom. The number of anilines is 1. The molecular formula is C24H30N2O5S2. The Morgan fingerprint density at radius 1 is 1.03 bits per heavy atom. The monoisotopic (exact) mass is 490 g/mol. The Balaban J connectivity index is 1.37. The molecule has 0 unspecified atom stereocenters. The summed E-state index contributed by atoms with van der Waals surface area (Å²) < 4.78 is 32.9. The van der Waals surface area contributed by atoms with E-state index in [2.05, 4.69) is 5.32 Å². The molecule has 1 aliphatic carbocycles. The van der Waals surface area contributed by atoms with E-state index in [-0.39, 0.29) is 4.90 Å². The minimum atomic E-state index is -3.62. The third-order valence-electron chi connectivity index (χ3n) is 6.19. The van der Waals surface area contributed by atoms with E-state index in [1.165, 1.54) is 38.6 Å². The van der Waals surface area contributed by atoms with Crippen LogP contribution in [-0.2, 0) is 32.4 Å². The van der Waals surface area contributed by atoms with E-state index in [1.807, 2.05) is 6.07 Å². The number of ether oxygens (including phenoxy) is 1. The topological polar surface area (TPSA) is 92.8 Å². The van der Waals surface area contributed by atoms with Crippen molar-refractivity contribution in [1.29, 1.82) is 0 Å². The fourth-order valence-corrected chi connectivity index (χ4v) is 7.28. The van der Waals surface area contributed by atoms with Gasteiger partial charge >= 0.3 is 5.97 Å². The lowest BCUT2D eigenvalue weighted by Gasteiger charge is -2.26. The van der Waals surface area contributed by atoms with Crippen LogP contribution in [0.5, 0.6) is 0 Å². The zero-order chi connectivity index (χ0) is 23.4. The molecule has 1 fully saturated rings. The molecule has 9 heteroatoms. The maximum absolute atomic E-state index is 13.1. The van der Waals surface area contributed by atoms with Crippen molar-refractivity contribution in [1.82, 2.24) is 4.31 Å². The molecule has 2 aromatic rings. The summed E-state index contributed by atoms with van der Waals surface area (Å²) in [7, 11) is -3.62. The number of fused-ring (bicyclic) bond motifs is 1. The largest absolute Gasteiger partial charge is 0.451 e. The number of hydrogen-bond donors (Lipinski definition) is 1. The van der Waals surface area contributed by atoms with Gasteiger partial charge in [-0.2, -0.15) is 4.31 Å². The highest BCUT2D eigenvalue weighted by atomic mass is 32.2. The summed E-state index contributed by atoms with van der Waals surface area (Å²) in [6.45, 7) is 2.34. The maximum Gasteiger partial charge on any atom is 0.348 e. The van der Waals surface area contributed by atoms with Crippen LogP contribution in [0.1, 0.15) is 64.2 Å². The van der Waals surface area contributed by atoms with Crippen molar-refractivity contribution in [2.45, 2.75) is 63.2 Å². The van der Waals surface area contributed by atoms with Gasteiger partial charge in [0.25, 0.3) is 5.91 Å². The highest BCUT2D eigenvalue weighted by Crippen LogP contribution is 2.29. The predicted molar refractivity (Wildman–Crippen MR) is 128 cm³/mol. The molecule has 1 aromatic heterocycles. The summed E-state index contributed by atoms with van der Waals surface area (Å²) in [6.07, 6.45) is 8.19. The molecule has 0 bridgehead atoms. The van der Waals surface area contributed by atoms with Gasteiger partial charge in [0.15, 0.2) is 6.61 Å². The van der Waals surface area contributed by atoms with Gasteiger partial charge < -0.3 is 10.1 Å². The Hall–Kier alpha value is -2.23. The average Bonchev–Trinajstić information content (AvgIpc) is 3.09. The maximum atomic E-state index is 13.1. The minimum absolute atomic E-state index is 0.194. The molecule has 0 atom stereocenters. The molecule has 178 valence electrons. The number of hydrogen-bond acceptors (Lipinski definition) is 6. The van der Waals surface area contributed by atoms with Crippen LogP contribution in [0.15, 0.2) is 29.2 Å². The molecule has 0 saturated carbocycles. The smallest absolute Gasteiger partial charge is 0.348 e. The first-order chi connectivity index (χ1) is 15.8. The van der Waals surface area contributed by atoms with E-state index in [4.69, 9.17) is 4.74 Å². The molecule has 2 aliphatic rings. The Kier molecular flexibility index (Phi) is 7.51. The van der Waals surface area contributed by atoms with Gasteiger partial charge in [-0.25, -0.2) is 13.2 Å². The van der Waals surface area contributed by atoms with Gasteiger partial charge in [0.1, 0.15) is 4.88 Å². The van der Waals surface area contributed by atoms with Crippen molar-refractivity contribution in [3.63, 3.8) is 0 Å². The van der Waals surface area contributed by atoms with Crippen LogP contribution in [0.2, 0.25) is 0 Å². The van der Waals surface area contributed by atoms with Crippen molar-refractivity contribution < 1.29 is 22.7 Å². The minimum Gasteiger partial charge on any atom is -0.451 e. The van der Waals surface area contributed by atoms with E-state index in [0.717, 1.165) is 44.9 Å². The molecular weight excluding hydrogens is 460 g/mol. The first-order valence-corrected chi connectivity index (χ1v) is 13.8. The van der Waals surface area contributed by atoms with Gasteiger partial charge in [0.05, 0.1) is 4.90 Å². The molecule has 1 aromatic carbocycles. The second kappa shape index (κ2) is 10.4. The number of nitrogens with one attached hydrogen (secondary N) is 1. The normalized spacial score (nSPS) is 17.1. The summed E-state index contributed by atoms with van der Waals surface area (Å²) in [6, 6.07) is 6.70. The van der Waals surface area contributed by atoms with Crippen molar-refractivity contribution in [3.05, 3.63) is 45.1 Å². The van der Waals surface area contributed by atoms with E-state index in [0.29, 0.717) is 29.2 Å². The van der Waals surface area contributed by atoms with Crippen molar-refractivity contribution in [2.75, 3.05) is 25.0 Å². The molecule has 33 heavy (non-hydrogen) atoms. The van der Waals surface area contributed by atoms with E-state index in [9.17, 15) is 18.0 Å². The van der Waals surface area contributed by atoms with Crippen molar-refractivity contribution in [3.8, 4) is 0 Å². The number of sulfonamides is 1. The fraction of sp³-hybridized carbons (Fsp3) is 0.500. The molecule has 2 heterocycles. The molecule has 1 amide bonds. The number of rotatable bonds is 6. The first-order valence-electron chi connectivity index (χ1n) is 11.5. The highest BCUT2D eigenvalue weighted by molar-refractivity contribution is 7.89. The summed E-state index contributed by atoms with van der Waals surface area (Å²) in [5.74, 6) is -1.01. The Morgan fingerprint density at radius 2 is 1.76 bits per heavy atom. The van der Waals surface area contributed by atoms with Crippen LogP contribution in [0, 0.1) is 6.92 Å². The Bertz CT molecular complexity index is 1110. The van der Waals surface area contributed by atoms with Crippen molar-refractivity contribution >= 4 is 38.9 Å². The number of carbonyl (C=O) groups excluding carboxylic acids is 2. The third-order valence-corrected chi connectivity index (χ3v) is 9.44. The molecule has 4 rings (SSSR count). The standard InChI is InChI=1S/C24H30N2O5S2/c1-17-10-11-19(15-22(17)33(29,30)26-12-6-3-7-13-26)25-23(27)16-31-24(28)21-14-18-8-4-2-5-9-20(18)32-21/h10-11,14-15H,2-9,12-13,16H2,1H3,(H,25,27). The number of esters is 1. The van der Waals surface area contributed by atoms with Gasteiger partial charge in [-0.1, -0.05) is 18.9 Å². The van der Waals surface area contributed by atoms with Gasteiger partial charge in [-0.05, 0) is 74.8 Å². The summed E-state index contributed by atoms with van der Waals surface area (Å²) in [5, 5.41) is 2.65. The van der Waals surface area contributed by atoms with E-state index < -0.39 is 28.5 Å². The molecule has 0 spiro atoms. The predicted octanol–water partition coefficient (Wildman–Crippen LogP) is 4.30. The van der Waals surface area contributed by atoms with E-state index >= 15 is 0 Å². The second-order valence-corrected chi connectivity index (χ2v) is 11.7. The van der Waals surface area contributed by atoms with Gasteiger partial charge in [0, 0.05) is 23.7 Å². The van der Waals surface area contributed by atoms with Gasteiger partial charge in [0.2, 0.25) is 10.0 Å². The summed E-state index contributed by atoms with van der Waals surface area (Å²) >= 11 is 1.45. The molecule has 1 saturated heterocycles. The van der Waals surface area contributed by atoms with Gasteiger partial charge in [-0.15, -0.1) is 11.3 Å². The number of nitrogens with zero attached hydrogens (tertiary/aromatic N) is 1. The zero-order valence-electron chi connectivity index (χ0n) is 18.9. The summed E-state index contributed by atoms with van der Waals surface area (Å²) in [4.78, 5) is 26.8. The van der Waals surface area contributed by atoms with Crippen LogP contribution in [-0.4, -0.2) is 44.3 Å². The summed E-state index contributed by atoms with van der Waals surface area (Å²) in [5.41, 5.74) is 2.21. The number of piperidine rings is 1. The molecule has 7 nitrogen and oxygen atoms in total. The zero-order valence-corrected chi connectivity index (χ0v) is 20.5. The lowest BCUT2D eigenvalue weighted by Crippen LogP contribution is -2.36. The molecule has 1 aliphatic heterocycles. The van der Waals surface area contributed by atoms with Crippen LogP contribution < -0.4 is 5.32 Å². The molecule has 1 N–H and O–H groups in total. The van der Waals surface area contributed by atoms with E-state index in [1.54, 1.807) is 19.1 Å². The van der Waals surface area contributed by atoms with Gasteiger partial charge in [-0.3, -0.25) is 4.79 Å². The third kappa shape index (κ3) is 5.65. The Labute approximate surface area is 199 Å².